The quantitative estimate of drug-likeness (QED) is 0.890. The van der Waals surface area contributed by atoms with Gasteiger partial charge in [-0.15, -0.1) is 11.3 Å². The first-order valence-electron chi connectivity index (χ1n) is 7.38. The summed E-state index contributed by atoms with van der Waals surface area (Å²) in [6.45, 7) is 7.34. The number of thiazole rings is 1. The lowest BCUT2D eigenvalue weighted by Crippen LogP contribution is -2.35. The number of ether oxygens (including phenoxy) is 1. The zero-order valence-electron chi connectivity index (χ0n) is 12.5. The molecule has 3 atom stereocenters. The van der Waals surface area contributed by atoms with Crippen molar-refractivity contribution < 1.29 is 4.74 Å². The highest BCUT2D eigenvalue weighted by molar-refractivity contribution is 7.09. The minimum Gasteiger partial charge on any atom is -0.368 e. The number of aromatic nitrogens is 1. The van der Waals surface area contributed by atoms with Crippen LogP contribution in [-0.2, 0) is 10.3 Å². The smallest absolute Gasteiger partial charge is 0.125 e. The largest absolute Gasteiger partial charge is 0.368 e. The summed E-state index contributed by atoms with van der Waals surface area (Å²) < 4.78 is 6.18. The van der Waals surface area contributed by atoms with Crippen LogP contribution < -0.4 is 5.32 Å². The molecule has 0 bridgehead atoms. The maximum absolute atomic E-state index is 6.18. The van der Waals surface area contributed by atoms with Crippen molar-refractivity contribution in [1.29, 1.82) is 0 Å². The SMILES string of the molecule is CCOC1(c2nc(C(C)NC)cs2)CCCC(C)C1. The van der Waals surface area contributed by atoms with E-state index < -0.39 is 0 Å². The first-order chi connectivity index (χ1) is 9.11. The number of hydrogen-bond donors (Lipinski definition) is 1. The number of rotatable bonds is 5. The molecule has 0 aliphatic heterocycles. The molecule has 0 saturated heterocycles. The molecule has 1 aliphatic rings. The number of nitrogens with one attached hydrogen (secondary N) is 1. The molecule has 1 heterocycles. The summed E-state index contributed by atoms with van der Waals surface area (Å²) in [5, 5.41) is 6.61. The van der Waals surface area contributed by atoms with Gasteiger partial charge in [-0.25, -0.2) is 4.98 Å². The first kappa shape index (κ1) is 14.9. The highest BCUT2D eigenvalue weighted by Gasteiger charge is 2.40. The molecular formula is C15H26N2OS. The summed E-state index contributed by atoms with van der Waals surface area (Å²) in [4.78, 5) is 4.86. The third kappa shape index (κ3) is 3.18. The van der Waals surface area contributed by atoms with Gasteiger partial charge in [0.2, 0.25) is 0 Å². The predicted molar refractivity (Wildman–Crippen MR) is 80.5 cm³/mol. The predicted octanol–water partition coefficient (Wildman–Crippen LogP) is 3.87. The fraction of sp³-hybridized carbons (Fsp3) is 0.800. The van der Waals surface area contributed by atoms with Gasteiger partial charge in [-0.05, 0) is 46.1 Å². The van der Waals surface area contributed by atoms with E-state index in [4.69, 9.17) is 9.72 Å². The van der Waals surface area contributed by atoms with Gasteiger partial charge >= 0.3 is 0 Å². The van der Waals surface area contributed by atoms with Crippen LogP contribution in [-0.4, -0.2) is 18.6 Å². The van der Waals surface area contributed by atoms with E-state index in [0.717, 1.165) is 31.1 Å². The van der Waals surface area contributed by atoms with Crippen LogP contribution in [0.4, 0.5) is 0 Å². The van der Waals surface area contributed by atoms with Crippen LogP contribution in [0.2, 0.25) is 0 Å². The first-order valence-corrected chi connectivity index (χ1v) is 8.26. The maximum Gasteiger partial charge on any atom is 0.125 e. The van der Waals surface area contributed by atoms with Crippen molar-refractivity contribution in [3.05, 3.63) is 16.1 Å². The summed E-state index contributed by atoms with van der Waals surface area (Å²) in [6, 6.07) is 0.310. The van der Waals surface area contributed by atoms with Crippen LogP contribution in [0, 0.1) is 5.92 Å². The molecule has 19 heavy (non-hydrogen) atoms. The standard InChI is InChI=1S/C15H26N2OS/c1-5-18-15(8-6-7-11(2)9-15)14-17-13(10-19-14)12(3)16-4/h10-12,16H,5-9H2,1-4H3. The fourth-order valence-corrected chi connectivity index (χ4v) is 4.12. The van der Waals surface area contributed by atoms with Crippen LogP contribution in [0.3, 0.4) is 0 Å². The molecule has 1 N–H and O–H groups in total. The Labute approximate surface area is 120 Å². The highest BCUT2D eigenvalue weighted by atomic mass is 32.1. The van der Waals surface area contributed by atoms with E-state index in [-0.39, 0.29) is 5.60 Å². The van der Waals surface area contributed by atoms with Gasteiger partial charge in [-0.3, -0.25) is 0 Å². The monoisotopic (exact) mass is 282 g/mol. The lowest BCUT2D eigenvalue weighted by atomic mass is 9.79. The number of hydrogen-bond acceptors (Lipinski definition) is 4. The van der Waals surface area contributed by atoms with Gasteiger partial charge in [0.05, 0.1) is 5.69 Å². The van der Waals surface area contributed by atoms with E-state index in [9.17, 15) is 0 Å². The van der Waals surface area contributed by atoms with Crippen molar-refractivity contribution in [2.24, 2.45) is 5.92 Å². The van der Waals surface area contributed by atoms with Gasteiger partial charge in [0, 0.05) is 18.0 Å². The minimum atomic E-state index is -0.122. The Morgan fingerprint density at radius 3 is 3.05 bits per heavy atom. The topological polar surface area (TPSA) is 34.1 Å². The van der Waals surface area contributed by atoms with Gasteiger partial charge in [-0.2, -0.15) is 0 Å². The van der Waals surface area contributed by atoms with Crippen molar-refractivity contribution in [2.45, 2.75) is 58.1 Å². The Hall–Kier alpha value is -0.450. The van der Waals surface area contributed by atoms with Gasteiger partial charge < -0.3 is 10.1 Å². The van der Waals surface area contributed by atoms with Crippen molar-refractivity contribution >= 4 is 11.3 Å². The molecule has 0 aromatic carbocycles. The van der Waals surface area contributed by atoms with E-state index in [1.165, 1.54) is 17.8 Å². The van der Waals surface area contributed by atoms with Crippen LogP contribution in [0.1, 0.15) is 63.2 Å². The molecule has 3 nitrogen and oxygen atoms in total. The van der Waals surface area contributed by atoms with E-state index in [0.29, 0.717) is 6.04 Å². The third-order valence-corrected chi connectivity index (χ3v) is 5.21. The normalized spacial score (nSPS) is 29.4. The molecule has 2 rings (SSSR count). The molecule has 1 aliphatic carbocycles. The Balaban J connectivity index is 2.25. The Morgan fingerprint density at radius 2 is 2.42 bits per heavy atom. The van der Waals surface area contributed by atoms with E-state index in [1.54, 1.807) is 11.3 Å². The lowest BCUT2D eigenvalue weighted by molar-refractivity contribution is -0.0821. The molecule has 0 radical (unpaired) electrons. The summed E-state index contributed by atoms with van der Waals surface area (Å²) >= 11 is 1.76. The highest BCUT2D eigenvalue weighted by Crippen LogP contribution is 2.44. The number of nitrogens with zero attached hydrogens (tertiary/aromatic N) is 1. The van der Waals surface area contributed by atoms with E-state index in [1.807, 2.05) is 7.05 Å². The van der Waals surface area contributed by atoms with Crippen molar-refractivity contribution in [3.8, 4) is 0 Å². The Morgan fingerprint density at radius 1 is 1.63 bits per heavy atom. The van der Waals surface area contributed by atoms with E-state index in [2.05, 4.69) is 31.5 Å². The molecule has 4 heteroatoms. The van der Waals surface area contributed by atoms with Crippen LogP contribution >= 0.6 is 11.3 Å². The molecule has 0 spiro atoms. The fourth-order valence-electron chi connectivity index (χ4n) is 3.01. The summed E-state index contributed by atoms with van der Waals surface area (Å²) in [7, 11) is 1.98. The van der Waals surface area contributed by atoms with Gasteiger partial charge in [-0.1, -0.05) is 13.3 Å². The second-order valence-corrected chi connectivity index (χ2v) is 6.57. The summed E-state index contributed by atoms with van der Waals surface area (Å²) in [5.74, 6) is 0.731. The molecule has 1 fully saturated rings. The maximum atomic E-state index is 6.18. The third-order valence-electron chi connectivity index (χ3n) is 4.16. The van der Waals surface area contributed by atoms with Gasteiger partial charge in [0.25, 0.3) is 0 Å². The zero-order valence-corrected chi connectivity index (χ0v) is 13.3. The summed E-state index contributed by atoms with van der Waals surface area (Å²) in [6.07, 6.45) is 4.80. The van der Waals surface area contributed by atoms with Crippen LogP contribution in [0.25, 0.3) is 0 Å². The van der Waals surface area contributed by atoms with Gasteiger partial charge in [0.15, 0.2) is 0 Å². The second-order valence-electron chi connectivity index (χ2n) is 5.72. The molecular weight excluding hydrogens is 256 g/mol. The Kier molecular flexibility index (Phi) is 4.98. The molecule has 3 unspecified atom stereocenters. The average Bonchev–Trinajstić information content (AvgIpc) is 2.88. The Bertz CT molecular complexity index is 403. The second kappa shape index (κ2) is 6.33. The van der Waals surface area contributed by atoms with Crippen LogP contribution in [0.5, 0.6) is 0 Å². The average molecular weight is 282 g/mol. The zero-order chi connectivity index (χ0) is 13.9. The van der Waals surface area contributed by atoms with E-state index >= 15 is 0 Å². The van der Waals surface area contributed by atoms with Crippen molar-refractivity contribution in [2.75, 3.05) is 13.7 Å². The van der Waals surface area contributed by atoms with Gasteiger partial charge in [0.1, 0.15) is 10.6 Å². The molecule has 1 saturated carbocycles. The molecule has 0 amide bonds. The molecule has 1 aromatic rings. The van der Waals surface area contributed by atoms with Crippen molar-refractivity contribution in [1.82, 2.24) is 10.3 Å². The molecule has 1 aromatic heterocycles. The van der Waals surface area contributed by atoms with Crippen molar-refractivity contribution in [3.63, 3.8) is 0 Å². The summed E-state index contributed by atoms with van der Waals surface area (Å²) in [5.41, 5.74) is 1.02. The van der Waals surface area contributed by atoms with Crippen LogP contribution in [0.15, 0.2) is 5.38 Å². The molecule has 108 valence electrons. The lowest BCUT2D eigenvalue weighted by Gasteiger charge is -2.38. The minimum absolute atomic E-state index is 0.122.